The number of benzene rings is 1. The maximum atomic E-state index is 5.89. The first-order valence-corrected chi connectivity index (χ1v) is 7.61. The van der Waals surface area contributed by atoms with Gasteiger partial charge >= 0.3 is 0 Å². The number of aromatic nitrogens is 2. The largest absolute Gasteiger partial charge is 0.471 e. The maximum Gasteiger partial charge on any atom is 0.232 e. The lowest BCUT2D eigenvalue weighted by Crippen LogP contribution is -2.53. The molecule has 0 aliphatic carbocycles. The SMILES string of the molecule is C[N+]1(CCOc2cc(-c3ccccc3)nn2N)CCOCC1. The van der Waals surface area contributed by atoms with Crippen LogP contribution < -0.4 is 10.6 Å². The molecule has 22 heavy (non-hydrogen) atoms. The van der Waals surface area contributed by atoms with Gasteiger partial charge in [0.1, 0.15) is 26.2 Å². The molecule has 0 amide bonds. The fourth-order valence-corrected chi connectivity index (χ4v) is 2.61. The molecule has 2 heterocycles. The normalized spacial score (nSPS) is 17.3. The van der Waals surface area contributed by atoms with Crippen LogP contribution in [0.15, 0.2) is 36.4 Å². The predicted molar refractivity (Wildman–Crippen MR) is 84.9 cm³/mol. The van der Waals surface area contributed by atoms with Crippen molar-refractivity contribution in [3.8, 4) is 17.1 Å². The first-order valence-electron chi connectivity index (χ1n) is 7.61. The van der Waals surface area contributed by atoms with Crippen LogP contribution in [-0.2, 0) is 4.74 Å². The molecule has 1 aliphatic heterocycles. The van der Waals surface area contributed by atoms with Crippen LogP contribution in [0.2, 0.25) is 0 Å². The number of likely N-dealkylation sites (N-methyl/N-ethyl adjacent to an activating group) is 1. The molecule has 118 valence electrons. The number of nitrogen functional groups attached to an aromatic ring is 1. The van der Waals surface area contributed by atoms with Gasteiger partial charge in [-0.25, -0.2) is 0 Å². The Kier molecular flexibility index (Phi) is 4.31. The van der Waals surface area contributed by atoms with E-state index in [1.807, 2.05) is 36.4 Å². The summed E-state index contributed by atoms with van der Waals surface area (Å²) in [7, 11) is 2.24. The Balaban J connectivity index is 1.60. The summed E-state index contributed by atoms with van der Waals surface area (Å²) in [5.74, 6) is 6.48. The van der Waals surface area contributed by atoms with Gasteiger partial charge < -0.3 is 19.8 Å². The summed E-state index contributed by atoms with van der Waals surface area (Å²) < 4.78 is 12.2. The van der Waals surface area contributed by atoms with Crippen LogP contribution in [0.5, 0.6) is 5.88 Å². The van der Waals surface area contributed by atoms with Crippen molar-refractivity contribution in [1.29, 1.82) is 0 Å². The predicted octanol–water partition coefficient (Wildman–Crippen LogP) is 1.12. The molecule has 6 heteroatoms. The van der Waals surface area contributed by atoms with Gasteiger partial charge in [0.15, 0.2) is 0 Å². The first-order chi connectivity index (χ1) is 10.7. The number of nitrogens with two attached hydrogens (primary N) is 1. The van der Waals surface area contributed by atoms with E-state index in [0.29, 0.717) is 12.5 Å². The van der Waals surface area contributed by atoms with E-state index in [1.54, 1.807) is 0 Å². The van der Waals surface area contributed by atoms with Crippen molar-refractivity contribution in [3.05, 3.63) is 36.4 Å². The van der Waals surface area contributed by atoms with E-state index >= 15 is 0 Å². The van der Waals surface area contributed by atoms with Gasteiger partial charge in [-0.1, -0.05) is 30.3 Å². The average molecular weight is 303 g/mol. The second-order valence-corrected chi connectivity index (χ2v) is 5.93. The molecule has 2 N–H and O–H groups in total. The Morgan fingerprint density at radius 3 is 2.73 bits per heavy atom. The highest BCUT2D eigenvalue weighted by Gasteiger charge is 2.25. The molecular formula is C16H23N4O2+. The third kappa shape index (κ3) is 3.40. The lowest BCUT2D eigenvalue weighted by Gasteiger charge is -2.37. The lowest BCUT2D eigenvalue weighted by molar-refractivity contribution is -0.916. The zero-order valence-electron chi connectivity index (χ0n) is 12.9. The second-order valence-electron chi connectivity index (χ2n) is 5.93. The van der Waals surface area contributed by atoms with E-state index < -0.39 is 0 Å². The number of nitrogens with zero attached hydrogens (tertiary/aromatic N) is 3. The number of morpholine rings is 1. The van der Waals surface area contributed by atoms with E-state index in [9.17, 15) is 0 Å². The van der Waals surface area contributed by atoms with Crippen LogP contribution in [0.1, 0.15) is 0 Å². The minimum atomic E-state index is 0.596. The molecule has 1 saturated heterocycles. The standard InChI is InChI=1S/C16H23N4O2/c1-20(7-10-21-11-8-20)9-12-22-16-13-15(18-19(16)17)14-5-3-2-4-6-14/h2-6,13H,7-12,17H2,1H3/q+1. The summed E-state index contributed by atoms with van der Waals surface area (Å²) in [6, 6.07) is 11.8. The van der Waals surface area contributed by atoms with Gasteiger partial charge in [-0.3, -0.25) is 0 Å². The summed E-state index contributed by atoms with van der Waals surface area (Å²) in [6.07, 6.45) is 0. The number of quaternary nitrogens is 1. The molecule has 1 aromatic carbocycles. The van der Waals surface area contributed by atoms with E-state index in [0.717, 1.165) is 48.6 Å². The maximum absolute atomic E-state index is 5.89. The van der Waals surface area contributed by atoms with Crippen LogP contribution in [0.25, 0.3) is 11.3 Å². The van der Waals surface area contributed by atoms with Crippen molar-refractivity contribution in [2.75, 3.05) is 52.3 Å². The Morgan fingerprint density at radius 2 is 2.00 bits per heavy atom. The molecule has 0 radical (unpaired) electrons. The zero-order chi connectivity index (χ0) is 15.4. The molecule has 0 unspecified atom stereocenters. The van der Waals surface area contributed by atoms with Crippen LogP contribution in [0.3, 0.4) is 0 Å². The summed E-state index contributed by atoms with van der Waals surface area (Å²) in [5, 5.41) is 4.31. The molecule has 1 aliphatic rings. The molecule has 1 aromatic heterocycles. The first kappa shape index (κ1) is 14.9. The third-order valence-electron chi connectivity index (χ3n) is 4.20. The van der Waals surface area contributed by atoms with Gasteiger partial charge in [-0.05, 0) is 0 Å². The summed E-state index contributed by atoms with van der Waals surface area (Å²) in [6.45, 7) is 5.26. The van der Waals surface area contributed by atoms with Crippen LogP contribution in [0.4, 0.5) is 0 Å². The highest BCUT2D eigenvalue weighted by molar-refractivity contribution is 5.59. The third-order valence-corrected chi connectivity index (χ3v) is 4.20. The number of rotatable bonds is 5. The van der Waals surface area contributed by atoms with E-state index in [-0.39, 0.29) is 0 Å². The number of ether oxygens (including phenoxy) is 2. The zero-order valence-corrected chi connectivity index (χ0v) is 12.9. The lowest BCUT2D eigenvalue weighted by atomic mass is 10.2. The molecule has 0 bridgehead atoms. The summed E-state index contributed by atoms with van der Waals surface area (Å²) >= 11 is 0. The number of hydrogen-bond donors (Lipinski definition) is 1. The van der Waals surface area contributed by atoms with Crippen molar-refractivity contribution < 1.29 is 14.0 Å². The summed E-state index contributed by atoms with van der Waals surface area (Å²) in [5.41, 5.74) is 1.86. The monoisotopic (exact) mass is 303 g/mol. The van der Waals surface area contributed by atoms with Crippen molar-refractivity contribution in [3.63, 3.8) is 0 Å². The molecule has 0 atom stereocenters. The Hall–Kier alpha value is -2.05. The van der Waals surface area contributed by atoms with Crippen molar-refractivity contribution >= 4 is 0 Å². The van der Waals surface area contributed by atoms with E-state index in [1.165, 1.54) is 4.79 Å². The van der Waals surface area contributed by atoms with Gasteiger partial charge in [0, 0.05) is 11.6 Å². The van der Waals surface area contributed by atoms with Crippen LogP contribution in [0, 0.1) is 0 Å². The van der Waals surface area contributed by atoms with Crippen LogP contribution >= 0.6 is 0 Å². The Morgan fingerprint density at radius 1 is 1.27 bits per heavy atom. The van der Waals surface area contributed by atoms with Gasteiger partial charge in [-0.15, -0.1) is 9.89 Å². The minimum absolute atomic E-state index is 0.596. The van der Waals surface area contributed by atoms with Crippen molar-refractivity contribution in [2.45, 2.75) is 0 Å². The fourth-order valence-electron chi connectivity index (χ4n) is 2.61. The molecular weight excluding hydrogens is 280 g/mol. The van der Waals surface area contributed by atoms with E-state index in [2.05, 4.69) is 12.1 Å². The molecule has 2 aromatic rings. The highest BCUT2D eigenvalue weighted by atomic mass is 16.5. The number of hydrogen-bond acceptors (Lipinski definition) is 4. The fraction of sp³-hybridized carbons (Fsp3) is 0.438. The van der Waals surface area contributed by atoms with Crippen molar-refractivity contribution in [2.24, 2.45) is 0 Å². The van der Waals surface area contributed by atoms with Gasteiger partial charge in [0.05, 0.1) is 26.0 Å². The molecule has 0 spiro atoms. The Bertz CT molecular complexity index is 606. The average Bonchev–Trinajstić information content (AvgIpc) is 2.90. The van der Waals surface area contributed by atoms with Crippen molar-refractivity contribution in [1.82, 2.24) is 9.89 Å². The van der Waals surface area contributed by atoms with Gasteiger partial charge in [-0.2, -0.15) is 0 Å². The minimum Gasteiger partial charge on any atom is -0.471 e. The van der Waals surface area contributed by atoms with Gasteiger partial charge in [0.25, 0.3) is 0 Å². The molecule has 0 saturated carbocycles. The summed E-state index contributed by atoms with van der Waals surface area (Å²) in [4.78, 5) is 1.31. The Labute approximate surface area is 130 Å². The topological polar surface area (TPSA) is 62.3 Å². The molecule has 3 rings (SSSR count). The molecule has 1 fully saturated rings. The second kappa shape index (κ2) is 6.37. The van der Waals surface area contributed by atoms with Crippen LogP contribution in [-0.4, -0.2) is 60.9 Å². The van der Waals surface area contributed by atoms with Gasteiger partial charge in [0.2, 0.25) is 5.88 Å². The smallest absolute Gasteiger partial charge is 0.232 e. The highest BCUT2D eigenvalue weighted by Crippen LogP contribution is 2.21. The molecule has 6 nitrogen and oxygen atoms in total. The quantitative estimate of drug-likeness (QED) is 0.664. The van der Waals surface area contributed by atoms with E-state index in [4.69, 9.17) is 15.3 Å².